The van der Waals surface area contributed by atoms with Crippen molar-refractivity contribution in [3.8, 4) is 0 Å². The molecule has 2 nitrogen and oxygen atoms in total. The Kier molecular flexibility index (Phi) is 5.20. The number of nitrogens with zero attached hydrogens (tertiary/aromatic N) is 2. The van der Waals surface area contributed by atoms with Gasteiger partial charge in [0.25, 0.3) is 0 Å². The third-order valence-electron chi connectivity index (χ3n) is 2.12. The highest BCUT2D eigenvalue weighted by Gasteiger charge is 2.06. The van der Waals surface area contributed by atoms with Crippen molar-refractivity contribution in [2.75, 3.05) is 0 Å². The third kappa shape index (κ3) is 3.43. The lowest BCUT2D eigenvalue weighted by molar-refractivity contribution is 0.665. The average Bonchev–Trinajstić information content (AvgIpc) is 2.16. The van der Waals surface area contributed by atoms with E-state index in [1.807, 2.05) is 0 Å². The van der Waals surface area contributed by atoms with Crippen LogP contribution in [0.25, 0.3) is 0 Å². The largest absolute Gasteiger partial charge is 0.224 e. The van der Waals surface area contributed by atoms with Crippen LogP contribution in [0.4, 0.5) is 0 Å². The summed E-state index contributed by atoms with van der Waals surface area (Å²) in [6.07, 6.45) is 7.05. The Hall–Kier alpha value is -0.340. The minimum absolute atomic E-state index is 0.487. The number of aromatic nitrogens is 2. The summed E-state index contributed by atoms with van der Waals surface area (Å²) in [5, 5.41) is 0.975. The molecule has 1 rings (SSSR count). The molecule has 0 unspecified atom stereocenters. The summed E-state index contributed by atoms with van der Waals surface area (Å²) in [4.78, 5) is 7.82. The Morgan fingerprint density at radius 2 is 1.71 bits per heavy atom. The van der Waals surface area contributed by atoms with E-state index in [2.05, 4.69) is 16.9 Å². The van der Waals surface area contributed by atoms with Crippen LogP contribution in [0.2, 0.25) is 10.3 Å². The first-order valence-electron chi connectivity index (χ1n) is 4.90. The quantitative estimate of drug-likeness (QED) is 0.569. The van der Waals surface area contributed by atoms with Crippen LogP contribution in [0.3, 0.4) is 0 Å². The molecule has 1 heterocycles. The van der Waals surface area contributed by atoms with E-state index >= 15 is 0 Å². The van der Waals surface area contributed by atoms with Gasteiger partial charge >= 0.3 is 0 Å². The summed E-state index contributed by atoms with van der Waals surface area (Å²) in [5.41, 5.74) is 0.881. The van der Waals surface area contributed by atoms with Crippen molar-refractivity contribution in [3.63, 3.8) is 0 Å². The van der Waals surface area contributed by atoms with Gasteiger partial charge in [0.05, 0.1) is 0 Å². The number of unbranched alkanes of at least 4 members (excludes halogenated alkanes) is 3. The molecule has 0 saturated carbocycles. The van der Waals surface area contributed by atoms with Crippen molar-refractivity contribution >= 4 is 23.2 Å². The number of hydrogen-bond donors (Lipinski definition) is 0. The molecule has 0 atom stereocenters. The lowest BCUT2D eigenvalue weighted by Gasteiger charge is -2.04. The number of hydrogen-bond acceptors (Lipinski definition) is 2. The fourth-order valence-corrected chi connectivity index (χ4v) is 1.81. The maximum absolute atomic E-state index is 5.91. The maximum Gasteiger partial charge on any atom is 0.137 e. The van der Waals surface area contributed by atoms with Crippen LogP contribution < -0.4 is 0 Å². The molecule has 4 heteroatoms. The van der Waals surface area contributed by atoms with Gasteiger partial charge in [0.2, 0.25) is 0 Å². The lowest BCUT2D eigenvalue weighted by atomic mass is 10.1. The van der Waals surface area contributed by atoms with Crippen LogP contribution in [0, 0.1) is 0 Å². The lowest BCUT2D eigenvalue weighted by Crippen LogP contribution is -1.93. The monoisotopic (exact) mass is 232 g/mol. The second-order valence-corrected chi connectivity index (χ2v) is 3.96. The Morgan fingerprint density at radius 3 is 2.29 bits per heavy atom. The normalized spacial score (nSPS) is 10.5. The molecule has 0 bridgehead atoms. The first kappa shape index (κ1) is 11.7. The smallest absolute Gasteiger partial charge is 0.137 e. The van der Waals surface area contributed by atoms with Gasteiger partial charge in [0, 0.05) is 5.56 Å². The Bertz CT molecular complexity index is 269. The highest BCUT2D eigenvalue weighted by Crippen LogP contribution is 2.21. The standard InChI is InChI=1S/C10H14Cl2N2/c1-2-3-4-5-6-8-9(11)13-7-14-10(8)12/h7H,2-6H2,1H3. The van der Waals surface area contributed by atoms with E-state index in [1.165, 1.54) is 25.6 Å². The van der Waals surface area contributed by atoms with Crippen LogP contribution >= 0.6 is 23.2 Å². The van der Waals surface area contributed by atoms with E-state index in [4.69, 9.17) is 23.2 Å². The van der Waals surface area contributed by atoms with Crippen molar-refractivity contribution in [1.82, 2.24) is 9.97 Å². The first-order chi connectivity index (χ1) is 6.75. The molecule has 0 aromatic carbocycles. The summed E-state index contributed by atoms with van der Waals surface area (Å²) < 4.78 is 0. The molecule has 1 aromatic rings. The van der Waals surface area contributed by atoms with E-state index < -0.39 is 0 Å². The van der Waals surface area contributed by atoms with Crippen LogP contribution in [0.5, 0.6) is 0 Å². The topological polar surface area (TPSA) is 25.8 Å². The second kappa shape index (κ2) is 6.20. The van der Waals surface area contributed by atoms with E-state index in [9.17, 15) is 0 Å². The molecule has 0 aliphatic carbocycles. The molecule has 0 radical (unpaired) electrons. The van der Waals surface area contributed by atoms with E-state index in [0.29, 0.717) is 10.3 Å². The zero-order valence-corrected chi connectivity index (χ0v) is 9.78. The summed E-state index contributed by atoms with van der Waals surface area (Å²) in [6, 6.07) is 0. The minimum Gasteiger partial charge on any atom is -0.224 e. The third-order valence-corrected chi connectivity index (χ3v) is 2.77. The zero-order valence-electron chi connectivity index (χ0n) is 8.26. The second-order valence-electron chi connectivity index (χ2n) is 3.24. The molecule has 1 aromatic heterocycles. The first-order valence-corrected chi connectivity index (χ1v) is 5.66. The zero-order chi connectivity index (χ0) is 10.4. The maximum atomic E-state index is 5.91. The summed E-state index contributed by atoms with van der Waals surface area (Å²) in [6.45, 7) is 2.19. The molecule has 78 valence electrons. The van der Waals surface area contributed by atoms with Crippen molar-refractivity contribution < 1.29 is 0 Å². The van der Waals surface area contributed by atoms with Gasteiger partial charge in [-0.15, -0.1) is 0 Å². The van der Waals surface area contributed by atoms with E-state index in [1.54, 1.807) is 0 Å². The Morgan fingerprint density at radius 1 is 1.07 bits per heavy atom. The minimum atomic E-state index is 0.487. The molecule has 0 aliphatic rings. The summed E-state index contributed by atoms with van der Waals surface area (Å²) in [5.74, 6) is 0. The van der Waals surface area contributed by atoms with E-state index in [-0.39, 0.29) is 0 Å². The van der Waals surface area contributed by atoms with Crippen LogP contribution in [-0.4, -0.2) is 9.97 Å². The predicted octanol–water partition coefficient (Wildman–Crippen LogP) is 3.91. The Labute approximate surface area is 94.7 Å². The van der Waals surface area contributed by atoms with Gasteiger partial charge < -0.3 is 0 Å². The van der Waals surface area contributed by atoms with Crippen LogP contribution in [0.1, 0.15) is 38.2 Å². The SMILES string of the molecule is CCCCCCc1c(Cl)ncnc1Cl. The molecule has 14 heavy (non-hydrogen) atoms. The molecule has 0 spiro atoms. The molecule has 0 N–H and O–H groups in total. The fourth-order valence-electron chi connectivity index (χ4n) is 1.31. The van der Waals surface area contributed by atoms with Gasteiger partial charge in [-0.25, -0.2) is 9.97 Å². The van der Waals surface area contributed by atoms with Gasteiger partial charge in [0.1, 0.15) is 16.6 Å². The van der Waals surface area contributed by atoms with E-state index in [0.717, 1.165) is 18.4 Å². The predicted molar refractivity (Wildman–Crippen MR) is 59.9 cm³/mol. The molecular weight excluding hydrogens is 219 g/mol. The number of halogens is 2. The highest BCUT2D eigenvalue weighted by molar-refractivity contribution is 6.34. The highest BCUT2D eigenvalue weighted by atomic mass is 35.5. The average molecular weight is 233 g/mol. The van der Waals surface area contributed by atoms with Crippen LogP contribution in [-0.2, 0) is 6.42 Å². The van der Waals surface area contributed by atoms with Gasteiger partial charge in [-0.3, -0.25) is 0 Å². The molecular formula is C10H14Cl2N2. The Balaban J connectivity index is 2.49. The summed E-state index contributed by atoms with van der Waals surface area (Å²) in [7, 11) is 0. The van der Waals surface area contributed by atoms with Crippen LogP contribution in [0.15, 0.2) is 6.33 Å². The van der Waals surface area contributed by atoms with Crippen molar-refractivity contribution in [2.45, 2.75) is 39.0 Å². The number of rotatable bonds is 5. The molecule has 0 fully saturated rings. The molecule has 0 amide bonds. The summed E-state index contributed by atoms with van der Waals surface area (Å²) >= 11 is 11.8. The van der Waals surface area contributed by atoms with Crippen molar-refractivity contribution in [1.29, 1.82) is 0 Å². The molecule has 0 saturated heterocycles. The van der Waals surface area contributed by atoms with Gasteiger partial charge in [0.15, 0.2) is 0 Å². The van der Waals surface area contributed by atoms with Gasteiger partial charge in [-0.05, 0) is 12.8 Å². The van der Waals surface area contributed by atoms with Crippen molar-refractivity contribution in [2.24, 2.45) is 0 Å². The van der Waals surface area contributed by atoms with Gasteiger partial charge in [-0.2, -0.15) is 0 Å². The van der Waals surface area contributed by atoms with Gasteiger partial charge in [-0.1, -0.05) is 49.4 Å². The molecule has 0 aliphatic heterocycles. The van der Waals surface area contributed by atoms with Crippen molar-refractivity contribution in [3.05, 3.63) is 22.2 Å². The fraction of sp³-hybridized carbons (Fsp3) is 0.600.